The van der Waals surface area contributed by atoms with Gasteiger partial charge >= 0.3 is 5.97 Å². The van der Waals surface area contributed by atoms with Crippen molar-refractivity contribution < 1.29 is 14.7 Å². The Morgan fingerprint density at radius 1 is 1.00 bits per heavy atom. The molecule has 49 heavy (non-hydrogen) atoms. The molecular weight excluding hydrogens is 614 g/mol. The molecule has 0 atom stereocenters. The van der Waals surface area contributed by atoms with Crippen molar-refractivity contribution in [3.63, 3.8) is 0 Å². The number of nitriles is 1. The maximum atomic E-state index is 12.5. The summed E-state index contributed by atoms with van der Waals surface area (Å²) in [4.78, 5) is 32.7. The Morgan fingerprint density at radius 2 is 1.71 bits per heavy atom. The molecule has 258 valence electrons. The quantitative estimate of drug-likeness (QED) is 0.281. The molecule has 3 fully saturated rings. The molecule has 4 heterocycles. The lowest BCUT2D eigenvalue weighted by molar-refractivity contribution is -0.128. The van der Waals surface area contributed by atoms with Gasteiger partial charge in [-0.1, -0.05) is 0 Å². The minimum absolute atomic E-state index is 0.0458. The number of aryl methyl sites for hydroxylation is 2. The first-order valence-corrected chi connectivity index (χ1v) is 18.1. The van der Waals surface area contributed by atoms with Crippen LogP contribution < -0.4 is 15.1 Å². The molecule has 4 aliphatic heterocycles. The lowest BCUT2D eigenvalue weighted by Gasteiger charge is -2.55. The average Bonchev–Trinajstić information content (AvgIpc) is 3.10. The largest absolute Gasteiger partial charge is 0.478 e. The predicted molar refractivity (Wildman–Crippen MR) is 191 cm³/mol. The first-order chi connectivity index (χ1) is 23.6. The number of carbonyl (C=O) groups excluding carboxylic acids is 1. The van der Waals surface area contributed by atoms with Crippen LogP contribution in [0.5, 0.6) is 0 Å². The van der Waals surface area contributed by atoms with E-state index in [1.807, 2.05) is 30.0 Å². The molecule has 7 rings (SSSR count). The number of carbonyl (C=O) groups is 2. The SMILES string of the molecule is CC(=O)N1CCC(NC2CCN(C3CCC4(CC3)CN(c3ccc(C(=O)O)cc3)C4)CC2)=C(C(=N)N2CCCc3cc(C#N)c(C)cc32)C1. The van der Waals surface area contributed by atoms with Crippen LogP contribution in [0.3, 0.4) is 0 Å². The number of carboxylic acids is 1. The maximum absolute atomic E-state index is 12.5. The summed E-state index contributed by atoms with van der Waals surface area (Å²) in [5, 5.41) is 32.1. The fourth-order valence-corrected chi connectivity index (χ4v) is 8.97. The summed E-state index contributed by atoms with van der Waals surface area (Å²) in [6.07, 6.45) is 9.70. The molecule has 0 unspecified atom stereocenters. The van der Waals surface area contributed by atoms with Crippen molar-refractivity contribution in [2.24, 2.45) is 5.41 Å². The van der Waals surface area contributed by atoms with Gasteiger partial charge in [-0.15, -0.1) is 0 Å². The van der Waals surface area contributed by atoms with Gasteiger partial charge in [0.25, 0.3) is 0 Å². The Balaban J connectivity index is 0.957. The van der Waals surface area contributed by atoms with E-state index in [0.717, 1.165) is 98.6 Å². The maximum Gasteiger partial charge on any atom is 0.335 e. The summed E-state index contributed by atoms with van der Waals surface area (Å²) < 4.78 is 0. The van der Waals surface area contributed by atoms with Crippen molar-refractivity contribution in [1.82, 2.24) is 15.1 Å². The van der Waals surface area contributed by atoms with Crippen molar-refractivity contribution >= 4 is 29.1 Å². The Hall–Kier alpha value is -4.36. The zero-order valence-electron chi connectivity index (χ0n) is 28.9. The minimum atomic E-state index is -0.881. The standard InChI is InChI=1S/C39H49N7O3/c1-26-20-36-29(21-30(26)22-40)4-3-16-46(36)37(41)34-23-44(27(2)47)19-13-35(34)42-31-11-17-43(18-12-31)33-9-14-39(15-10-33)24-45(25-39)32-7-5-28(6-8-32)38(48)49/h5-8,20-21,31,33,41-42H,3-4,9-19,23-25H2,1-2H3,(H,48,49). The minimum Gasteiger partial charge on any atom is -0.478 e. The first-order valence-electron chi connectivity index (χ1n) is 18.1. The summed E-state index contributed by atoms with van der Waals surface area (Å²) in [5.41, 5.74) is 7.67. The summed E-state index contributed by atoms with van der Waals surface area (Å²) >= 11 is 0. The van der Waals surface area contributed by atoms with Gasteiger partial charge in [-0.25, -0.2) is 4.79 Å². The summed E-state index contributed by atoms with van der Waals surface area (Å²) in [7, 11) is 0. The second-order valence-electron chi connectivity index (χ2n) is 15.1. The second kappa shape index (κ2) is 13.5. The summed E-state index contributed by atoms with van der Waals surface area (Å²) in [6, 6.07) is 14.6. The number of nitrogens with one attached hydrogen (secondary N) is 2. The fourth-order valence-electron chi connectivity index (χ4n) is 8.97. The molecule has 0 aromatic heterocycles. The van der Waals surface area contributed by atoms with E-state index < -0.39 is 5.97 Å². The van der Waals surface area contributed by atoms with E-state index in [9.17, 15) is 25.4 Å². The molecule has 5 aliphatic rings. The monoisotopic (exact) mass is 663 g/mol. The number of amidine groups is 1. The first kappa shape index (κ1) is 33.2. The fraction of sp³-hybridized carbons (Fsp3) is 0.538. The molecule has 10 nitrogen and oxygen atoms in total. The number of nitrogens with zero attached hydrogens (tertiary/aromatic N) is 5. The van der Waals surface area contributed by atoms with Gasteiger partial charge in [0, 0.05) is 92.8 Å². The van der Waals surface area contributed by atoms with E-state index in [1.165, 1.54) is 25.7 Å². The van der Waals surface area contributed by atoms with Gasteiger partial charge in [0.1, 0.15) is 5.84 Å². The van der Waals surface area contributed by atoms with Gasteiger partial charge in [-0.2, -0.15) is 5.26 Å². The van der Waals surface area contributed by atoms with Crippen LogP contribution in [0.25, 0.3) is 0 Å². The number of benzene rings is 2. The molecule has 1 saturated carbocycles. The van der Waals surface area contributed by atoms with Gasteiger partial charge < -0.3 is 30.0 Å². The van der Waals surface area contributed by atoms with E-state index in [4.69, 9.17) is 0 Å². The lowest BCUT2D eigenvalue weighted by Crippen LogP contribution is -2.59. The predicted octanol–water partition coefficient (Wildman–Crippen LogP) is 5.30. The highest BCUT2D eigenvalue weighted by atomic mass is 16.4. The lowest BCUT2D eigenvalue weighted by atomic mass is 9.67. The van der Waals surface area contributed by atoms with Crippen LogP contribution in [0.2, 0.25) is 0 Å². The van der Waals surface area contributed by atoms with Crippen LogP contribution in [-0.2, 0) is 11.2 Å². The Morgan fingerprint density at radius 3 is 2.37 bits per heavy atom. The molecule has 1 spiro atoms. The van der Waals surface area contributed by atoms with Crippen LogP contribution in [0.1, 0.15) is 85.3 Å². The number of hydrogen-bond donors (Lipinski definition) is 3. The molecule has 0 radical (unpaired) electrons. The Kier molecular flexibility index (Phi) is 9.14. The highest BCUT2D eigenvalue weighted by Crippen LogP contribution is 2.46. The highest BCUT2D eigenvalue weighted by molar-refractivity contribution is 6.09. The molecular formula is C39H49N7O3. The van der Waals surface area contributed by atoms with Gasteiger partial charge in [0.05, 0.1) is 23.7 Å². The van der Waals surface area contributed by atoms with E-state index in [-0.39, 0.29) is 5.91 Å². The van der Waals surface area contributed by atoms with Gasteiger partial charge in [-0.3, -0.25) is 10.2 Å². The van der Waals surface area contributed by atoms with Crippen molar-refractivity contribution in [3.8, 4) is 6.07 Å². The number of anilines is 2. The third-order valence-electron chi connectivity index (χ3n) is 12.0. The van der Waals surface area contributed by atoms with E-state index >= 15 is 0 Å². The Labute approximate surface area is 289 Å². The molecule has 2 aromatic carbocycles. The Bertz CT molecular complexity index is 1690. The molecule has 1 amide bonds. The van der Waals surface area contributed by atoms with Crippen molar-refractivity contribution in [3.05, 3.63) is 69.9 Å². The van der Waals surface area contributed by atoms with E-state index in [1.54, 1.807) is 19.1 Å². The topological polar surface area (TPSA) is 127 Å². The van der Waals surface area contributed by atoms with Crippen LogP contribution in [0.15, 0.2) is 47.7 Å². The number of rotatable bonds is 6. The molecule has 2 aromatic rings. The molecule has 2 saturated heterocycles. The highest BCUT2D eigenvalue weighted by Gasteiger charge is 2.46. The number of amides is 1. The van der Waals surface area contributed by atoms with E-state index in [2.05, 4.69) is 32.2 Å². The number of hydrogen-bond acceptors (Lipinski definition) is 7. The number of aromatic carboxylic acids is 1. The van der Waals surface area contributed by atoms with Gasteiger partial charge in [-0.05, 0) is 106 Å². The molecule has 3 N–H and O–H groups in total. The third-order valence-corrected chi connectivity index (χ3v) is 12.0. The van der Waals surface area contributed by atoms with Crippen molar-refractivity contribution in [1.29, 1.82) is 10.7 Å². The zero-order chi connectivity index (χ0) is 34.3. The number of fused-ring (bicyclic) bond motifs is 1. The van der Waals surface area contributed by atoms with Crippen LogP contribution >= 0.6 is 0 Å². The molecule has 10 heteroatoms. The third kappa shape index (κ3) is 6.65. The summed E-state index contributed by atoms with van der Waals surface area (Å²) in [6.45, 7) is 9.75. The smallest absolute Gasteiger partial charge is 0.335 e. The molecule has 0 bridgehead atoms. The summed E-state index contributed by atoms with van der Waals surface area (Å²) in [5.74, 6) is -0.364. The number of piperidine rings is 1. The van der Waals surface area contributed by atoms with Crippen LogP contribution in [0, 0.1) is 29.1 Å². The number of likely N-dealkylation sites (tertiary alicyclic amines) is 1. The van der Waals surface area contributed by atoms with Gasteiger partial charge in [0.2, 0.25) is 5.91 Å². The number of carboxylic acid groups (broad SMARTS) is 1. The zero-order valence-corrected chi connectivity index (χ0v) is 28.9. The normalized spacial score (nSPS) is 21.6. The van der Waals surface area contributed by atoms with Gasteiger partial charge in [0.15, 0.2) is 0 Å². The second-order valence-corrected chi connectivity index (χ2v) is 15.1. The molecule has 1 aliphatic carbocycles. The van der Waals surface area contributed by atoms with Crippen LogP contribution in [0.4, 0.5) is 11.4 Å². The van der Waals surface area contributed by atoms with Crippen molar-refractivity contribution in [2.45, 2.75) is 83.7 Å². The van der Waals surface area contributed by atoms with E-state index in [0.29, 0.717) is 47.6 Å². The van der Waals surface area contributed by atoms with Crippen molar-refractivity contribution in [2.75, 3.05) is 55.6 Å². The van der Waals surface area contributed by atoms with Crippen LogP contribution in [-0.4, -0.2) is 90.5 Å². The average molecular weight is 664 g/mol.